The number of hydrogen-bond donors (Lipinski definition) is 2. The van der Waals surface area contributed by atoms with Crippen molar-refractivity contribution in [2.75, 3.05) is 25.1 Å². The van der Waals surface area contributed by atoms with Crippen molar-refractivity contribution in [3.8, 4) is 11.3 Å². The summed E-state index contributed by atoms with van der Waals surface area (Å²) in [5.41, 5.74) is 1.87. The Hall–Kier alpha value is -2.71. The lowest BCUT2D eigenvalue weighted by molar-refractivity contribution is 0.00462. The third-order valence-corrected chi connectivity index (χ3v) is 4.63. The monoisotopic (exact) mass is 370 g/mol. The second-order valence-corrected chi connectivity index (χ2v) is 6.45. The van der Waals surface area contributed by atoms with E-state index < -0.39 is 12.2 Å². The summed E-state index contributed by atoms with van der Waals surface area (Å²) in [4.78, 5) is 20.5. The molecule has 2 aliphatic rings. The summed E-state index contributed by atoms with van der Waals surface area (Å²) >= 11 is 0. The number of ether oxygens (including phenoxy) is 3. The summed E-state index contributed by atoms with van der Waals surface area (Å²) in [5, 5.41) is 5.91. The molecule has 2 N–H and O–H groups in total. The number of benzene rings is 1. The highest BCUT2D eigenvalue weighted by molar-refractivity contribution is 5.67. The lowest BCUT2D eigenvalue weighted by Crippen LogP contribution is -2.39. The maximum Gasteiger partial charge on any atom is 0.407 e. The molecule has 0 spiro atoms. The molecule has 2 saturated heterocycles. The molecular formula is C19H22N4O4. The summed E-state index contributed by atoms with van der Waals surface area (Å²) in [7, 11) is 0. The van der Waals surface area contributed by atoms with Gasteiger partial charge in [0.1, 0.15) is 12.2 Å². The number of carbonyl (C=O) groups is 1. The SMILES string of the molecule is CCNC(=O)OC1COC2C(Nc3nccc(-c4ccccc4)n3)COC12. The Morgan fingerprint density at radius 3 is 2.81 bits per heavy atom. The summed E-state index contributed by atoms with van der Waals surface area (Å²) in [6.45, 7) is 3.10. The smallest absolute Gasteiger partial charge is 0.407 e. The fourth-order valence-corrected chi connectivity index (χ4v) is 3.38. The molecule has 8 nitrogen and oxygen atoms in total. The first-order valence-electron chi connectivity index (χ1n) is 9.07. The van der Waals surface area contributed by atoms with Crippen LogP contribution in [-0.4, -0.2) is 60.2 Å². The zero-order valence-corrected chi connectivity index (χ0v) is 15.0. The van der Waals surface area contributed by atoms with Gasteiger partial charge in [-0.2, -0.15) is 0 Å². The third-order valence-electron chi connectivity index (χ3n) is 4.63. The van der Waals surface area contributed by atoms with E-state index in [0.717, 1.165) is 11.3 Å². The van der Waals surface area contributed by atoms with Crippen molar-refractivity contribution >= 4 is 12.0 Å². The number of anilines is 1. The maximum atomic E-state index is 11.7. The zero-order valence-electron chi connectivity index (χ0n) is 15.0. The standard InChI is InChI=1S/C19H22N4O4/c1-2-20-19(24)27-15-11-26-16-14(10-25-17(15)16)23-18-21-9-8-13(22-18)12-6-4-3-5-7-12/h3-9,14-17H,2,10-11H2,1H3,(H,20,24)(H,21,22,23). The van der Waals surface area contributed by atoms with E-state index >= 15 is 0 Å². The molecule has 0 aliphatic carbocycles. The Kier molecular flexibility index (Phi) is 5.17. The maximum absolute atomic E-state index is 11.7. The largest absolute Gasteiger partial charge is 0.441 e. The number of nitrogens with zero attached hydrogens (tertiary/aromatic N) is 2. The molecule has 0 saturated carbocycles. The van der Waals surface area contributed by atoms with Crippen LogP contribution in [0.15, 0.2) is 42.6 Å². The van der Waals surface area contributed by atoms with Crippen molar-refractivity contribution in [1.29, 1.82) is 0 Å². The third kappa shape index (κ3) is 3.86. The fourth-order valence-electron chi connectivity index (χ4n) is 3.38. The Bertz CT molecular complexity index is 788. The lowest BCUT2D eigenvalue weighted by atomic mass is 10.1. The van der Waals surface area contributed by atoms with Crippen LogP contribution in [-0.2, 0) is 14.2 Å². The first-order chi connectivity index (χ1) is 13.2. The minimum Gasteiger partial charge on any atom is -0.441 e. The molecule has 3 heterocycles. The van der Waals surface area contributed by atoms with Crippen LogP contribution in [0.2, 0.25) is 0 Å². The van der Waals surface area contributed by atoms with Crippen molar-refractivity contribution in [2.45, 2.75) is 31.3 Å². The van der Waals surface area contributed by atoms with Crippen LogP contribution in [0.4, 0.5) is 10.7 Å². The first kappa shape index (κ1) is 17.7. The second kappa shape index (κ2) is 7.89. The Labute approximate surface area is 157 Å². The number of rotatable bonds is 5. The van der Waals surface area contributed by atoms with E-state index in [1.807, 2.05) is 43.3 Å². The van der Waals surface area contributed by atoms with Gasteiger partial charge in [-0.25, -0.2) is 14.8 Å². The number of alkyl carbamates (subject to hydrolysis) is 1. The van der Waals surface area contributed by atoms with Crippen LogP contribution < -0.4 is 10.6 Å². The molecule has 2 fully saturated rings. The quantitative estimate of drug-likeness (QED) is 0.829. The summed E-state index contributed by atoms with van der Waals surface area (Å²) in [6, 6.07) is 11.7. The molecule has 1 amide bonds. The normalized spacial score (nSPS) is 26.4. The van der Waals surface area contributed by atoms with E-state index in [4.69, 9.17) is 14.2 Å². The summed E-state index contributed by atoms with van der Waals surface area (Å²) in [5.74, 6) is 0.516. The zero-order chi connectivity index (χ0) is 18.6. The Morgan fingerprint density at radius 1 is 1.19 bits per heavy atom. The van der Waals surface area contributed by atoms with Gasteiger partial charge < -0.3 is 24.8 Å². The molecule has 2 aromatic rings. The highest BCUT2D eigenvalue weighted by Gasteiger charge is 2.49. The summed E-state index contributed by atoms with van der Waals surface area (Å²) in [6.07, 6.45) is 0.355. The van der Waals surface area contributed by atoms with E-state index in [-0.39, 0.29) is 18.2 Å². The van der Waals surface area contributed by atoms with Crippen LogP contribution in [0.3, 0.4) is 0 Å². The number of carbonyl (C=O) groups excluding carboxylic acids is 1. The molecule has 1 aromatic carbocycles. The van der Waals surface area contributed by atoms with E-state index in [1.165, 1.54) is 0 Å². The van der Waals surface area contributed by atoms with Gasteiger partial charge in [0.2, 0.25) is 5.95 Å². The van der Waals surface area contributed by atoms with E-state index in [2.05, 4.69) is 20.6 Å². The topological polar surface area (TPSA) is 94.6 Å². The van der Waals surface area contributed by atoms with Crippen LogP contribution in [0.1, 0.15) is 6.92 Å². The molecule has 27 heavy (non-hydrogen) atoms. The number of aromatic nitrogens is 2. The van der Waals surface area contributed by atoms with Gasteiger partial charge in [-0.15, -0.1) is 0 Å². The summed E-state index contributed by atoms with van der Waals surface area (Å²) < 4.78 is 17.0. The highest BCUT2D eigenvalue weighted by Crippen LogP contribution is 2.30. The predicted octanol–water partition coefficient (Wildman–Crippen LogP) is 1.84. The predicted molar refractivity (Wildman–Crippen MR) is 98.3 cm³/mol. The van der Waals surface area contributed by atoms with Crippen molar-refractivity contribution in [3.63, 3.8) is 0 Å². The molecule has 4 atom stereocenters. The van der Waals surface area contributed by atoms with E-state index in [0.29, 0.717) is 25.7 Å². The average Bonchev–Trinajstić information content (AvgIpc) is 3.27. The van der Waals surface area contributed by atoms with Crippen molar-refractivity contribution in [2.24, 2.45) is 0 Å². The molecular weight excluding hydrogens is 348 g/mol. The minimum absolute atomic E-state index is 0.108. The van der Waals surface area contributed by atoms with Crippen molar-refractivity contribution in [1.82, 2.24) is 15.3 Å². The van der Waals surface area contributed by atoms with Gasteiger partial charge in [0.25, 0.3) is 0 Å². The van der Waals surface area contributed by atoms with Gasteiger partial charge >= 0.3 is 6.09 Å². The Morgan fingerprint density at radius 2 is 2.00 bits per heavy atom. The van der Waals surface area contributed by atoms with Crippen molar-refractivity contribution in [3.05, 3.63) is 42.6 Å². The Balaban J connectivity index is 1.41. The molecule has 1 aromatic heterocycles. The number of amides is 1. The minimum atomic E-state index is -0.453. The van der Waals surface area contributed by atoms with Gasteiger partial charge in [0.15, 0.2) is 6.10 Å². The molecule has 8 heteroatoms. The van der Waals surface area contributed by atoms with Crippen LogP contribution >= 0.6 is 0 Å². The van der Waals surface area contributed by atoms with Crippen LogP contribution in [0, 0.1) is 0 Å². The number of nitrogens with one attached hydrogen (secondary N) is 2. The first-order valence-corrected chi connectivity index (χ1v) is 9.07. The number of hydrogen-bond acceptors (Lipinski definition) is 7. The number of fused-ring (bicyclic) bond motifs is 1. The van der Waals surface area contributed by atoms with Gasteiger partial charge in [-0.05, 0) is 13.0 Å². The average molecular weight is 370 g/mol. The second-order valence-electron chi connectivity index (χ2n) is 6.45. The van der Waals surface area contributed by atoms with Gasteiger partial charge in [0.05, 0.1) is 24.9 Å². The van der Waals surface area contributed by atoms with Crippen LogP contribution in [0.25, 0.3) is 11.3 Å². The van der Waals surface area contributed by atoms with Gasteiger partial charge in [-0.1, -0.05) is 30.3 Å². The van der Waals surface area contributed by atoms with Gasteiger partial charge in [0, 0.05) is 18.3 Å². The molecule has 142 valence electrons. The highest BCUT2D eigenvalue weighted by atomic mass is 16.6. The molecule has 4 rings (SSSR count). The van der Waals surface area contributed by atoms with Gasteiger partial charge in [-0.3, -0.25) is 0 Å². The van der Waals surface area contributed by atoms with E-state index in [9.17, 15) is 4.79 Å². The molecule has 2 aliphatic heterocycles. The fraction of sp³-hybridized carbons (Fsp3) is 0.421. The molecule has 0 bridgehead atoms. The van der Waals surface area contributed by atoms with Crippen LogP contribution in [0.5, 0.6) is 0 Å². The lowest BCUT2D eigenvalue weighted by Gasteiger charge is -2.18. The molecule has 4 unspecified atom stereocenters. The van der Waals surface area contributed by atoms with Crippen molar-refractivity contribution < 1.29 is 19.0 Å². The molecule has 0 radical (unpaired) electrons. The van der Waals surface area contributed by atoms with E-state index in [1.54, 1.807) is 6.20 Å².